The molecule has 0 aromatic carbocycles. The van der Waals surface area contributed by atoms with Crippen molar-refractivity contribution in [3.05, 3.63) is 0 Å². The molecule has 0 saturated carbocycles. The summed E-state index contributed by atoms with van der Waals surface area (Å²) in [6, 6.07) is 0.515. The van der Waals surface area contributed by atoms with Crippen molar-refractivity contribution in [3.8, 4) is 0 Å². The fourth-order valence-corrected chi connectivity index (χ4v) is 2.60. The fraction of sp³-hybridized carbons (Fsp3) is 0.933. The highest BCUT2D eigenvalue weighted by Crippen LogP contribution is 2.17. The molecule has 1 aliphatic rings. The minimum absolute atomic E-state index is 0.515. The molecule has 0 aromatic rings. The van der Waals surface area contributed by atoms with E-state index in [1.54, 1.807) is 0 Å². The number of nitrogens with two attached hydrogens (primary N) is 1. The third kappa shape index (κ3) is 6.57. The van der Waals surface area contributed by atoms with Gasteiger partial charge in [0, 0.05) is 25.8 Å². The zero-order valence-corrected chi connectivity index (χ0v) is 13.4. The number of aliphatic imine (C=N–C) groups is 1. The lowest BCUT2D eigenvalue weighted by Gasteiger charge is -2.29. The van der Waals surface area contributed by atoms with E-state index in [9.17, 15) is 0 Å². The van der Waals surface area contributed by atoms with E-state index in [1.165, 1.54) is 25.9 Å². The van der Waals surface area contributed by atoms with Gasteiger partial charge in [0.1, 0.15) is 0 Å². The Morgan fingerprint density at radius 1 is 1.35 bits per heavy atom. The predicted octanol–water partition coefficient (Wildman–Crippen LogP) is 1.44. The maximum absolute atomic E-state index is 5.92. The van der Waals surface area contributed by atoms with Crippen LogP contribution in [0, 0.1) is 5.92 Å². The molecule has 1 aliphatic heterocycles. The molecule has 5 heteroatoms. The second kappa shape index (κ2) is 10.00. The molecule has 1 rings (SSSR count). The highest BCUT2D eigenvalue weighted by Gasteiger charge is 2.24. The summed E-state index contributed by atoms with van der Waals surface area (Å²) in [6.07, 6.45) is 3.60. The molecule has 0 aliphatic carbocycles. The van der Waals surface area contributed by atoms with Gasteiger partial charge in [0.25, 0.3) is 0 Å². The third-order valence-corrected chi connectivity index (χ3v) is 3.80. The molecule has 1 saturated heterocycles. The minimum atomic E-state index is 0.515. The largest absolute Gasteiger partial charge is 0.382 e. The van der Waals surface area contributed by atoms with Crippen LogP contribution in [0.25, 0.3) is 0 Å². The number of rotatable bonds is 9. The standard InChI is InChI=1S/C15H32N4O/c1-4-20-11-7-8-17-15(16)18-12-14(13(2)3)19-9-5-6-10-19/h13-14H,4-12H2,1-3H3,(H3,16,17,18). The third-order valence-electron chi connectivity index (χ3n) is 3.80. The molecule has 5 nitrogen and oxygen atoms in total. The highest BCUT2D eigenvalue weighted by atomic mass is 16.5. The molecule has 20 heavy (non-hydrogen) atoms. The Morgan fingerprint density at radius 2 is 2.05 bits per heavy atom. The second-order valence-corrected chi connectivity index (χ2v) is 5.76. The van der Waals surface area contributed by atoms with Crippen molar-refractivity contribution in [2.75, 3.05) is 39.4 Å². The van der Waals surface area contributed by atoms with Crippen LogP contribution in [0.1, 0.15) is 40.0 Å². The number of nitrogens with zero attached hydrogens (tertiary/aromatic N) is 2. The summed E-state index contributed by atoms with van der Waals surface area (Å²) in [6.45, 7) is 12.1. The first-order valence-corrected chi connectivity index (χ1v) is 8.00. The fourth-order valence-electron chi connectivity index (χ4n) is 2.60. The SMILES string of the molecule is CCOCCCNC(N)=NCC(C(C)C)N1CCCC1. The Kier molecular flexibility index (Phi) is 8.62. The van der Waals surface area contributed by atoms with E-state index in [4.69, 9.17) is 10.5 Å². The van der Waals surface area contributed by atoms with Crippen LogP contribution in [0.4, 0.5) is 0 Å². The molecular formula is C15H32N4O. The molecule has 1 atom stereocenters. The summed E-state index contributed by atoms with van der Waals surface area (Å²) in [7, 11) is 0. The Morgan fingerprint density at radius 3 is 2.65 bits per heavy atom. The second-order valence-electron chi connectivity index (χ2n) is 5.76. The maximum Gasteiger partial charge on any atom is 0.188 e. The van der Waals surface area contributed by atoms with E-state index in [0.29, 0.717) is 17.9 Å². The van der Waals surface area contributed by atoms with Crippen LogP contribution in [0.2, 0.25) is 0 Å². The normalized spacial score (nSPS) is 18.7. The molecule has 0 aromatic heterocycles. The summed E-state index contributed by atoms with van der Waals surface area (Å²) in [5.74, 6) is 1.17. The van der Waals surface area contributed by atoms with Gasteiger partial charge in [0.2, 0.25) is 0 Å². The lowest BCUT2D eigenvalue weighted by Crippen LogP contribution is -2.41. The lowest BCUT2D eigenvalue weighted by atomic mass is 10.0. The molecule has 1 unspecified atom stereocenters. The number of hydrogen-bond donors (Lipinski definition) is 2. The Hall–Kier alpha value is -0.810. The minimum Gasteiger partial charge on any atom is -0.382 e. The van der Waals surface area contributed by atoms with Gasteiger partial charge in [-0.2, -0.15) is 0 Å². The first kappa shape index (κ1) is 17.2. The van der Waals surface area contributed by atoms with Gasteiger partial charge in [-0.1, -0.05) is 13.8 Å². The lowest BCUT2D eigenvalue weighted by molar-refractivity contribution is 0.145. The van der Waals surface area contributed by atoms with Crippen LogP contribution < -0.4 is 11.1 Å². The average Bonchev–Trinajstić information content (AvgIpc) is 2.92. The van der Waals surface area contributed by atoms with E-state index in [1.807, 2.05) is 6.92 Å². The molecule has 0 bridgehead atoms. The highest BCUT2D eigenvalue weighted by molar-refractivity contribution is 5.77. The quantitative estimate of drug-likeness (QED) is 0.382. The van der Waals surface area contributed by atoms with Gasteiger partial charge in [0.05, 0.1) is 6.54 Å². The summed E-state index contributed by atoms with van der Waals surface area (Å²) >= 11 is 0. The van der Waals surface area contributed by atoms with Crippen LogP contribution >= 0.6 is 0 Å². The van der Waals surface area contributed by atoms with Crippen molar-refractivity contribution in [2.24, 2.45) is 16.6 Å². The van der Waals surface area contributed by atoms with Gasteiger partial charge in [-0.25, -0.2) is 0 Å². The van der Waals surface area contributed by atoms with Crippen LogP contribution in [0.5, 0.6) is 0 Å². The number of ether oxygens (including phenoxy) is 1. The predicted molar refractivity (Wildman–Crippen MR) is 85.0 cm³/mol. The van der Waals surface area contributed by atoms with Crippen molar-refractivity contribution in [1.82, 2.24) is 10.2 Å². The first-order chi connectivity index (χ1) is 9.65. The number of guanidine groups is 1. The number of nitrogens with one attached hydrogen (secondary N) is 1. The first-order valence-electron chi connectivity index (χ1n) is 8.00. The van der Waals surface area contributed by atoms with Crippen LogP contribution in [0.15, 0.2) is 4.99 Å². The summed E-state index contributed by atoms with van der Waals surface area (Å²) in [5.41, 5.74) is 5.92. The number of likely N-dealkylation sites (tertiary alicyclic amines) is 1. The van der Waals surface area contributed by atoms with Gasteiger partial charge in [-0.3, -0.25) is 9.89 Å². The van der Waals surface area contributed by atoms with Gasteiger partial charge < -0.3 is 15.8 Å². The Balaban J connectivity index is 2.27. The van der Waals surface area contributed by atoms with Crippen LogP contribution in [0.3, 0.4) is 0 Å². The molecule has 118 valence electrons. The maximum atomic E-state index is 5.92. The van der Waals surface area contributed by atoms with Crippen molar-refractivity contribution in [3.63, 3.8) is 0 Å². The average molecular weight is 284 g/mol. The molecule has 3 N–H and O–H groups in total. The van der Waals surface area contributed by atoms with Gasteiger partial charge in [-0.15, -0.1) is 0 Å². The van der Waals surface area contributed by atoms with E-state index < -0.39 is 0 Å². The van der Waals surface area contributed by atoms with Crippen LogP contribution in [-0.2, 0) is 4.74 Å². The molecular weight excluding hydrogens is 252 g/mol. The molecule has 0 amide bonds. The zero-order valence-electron chi connectivity index (χ0n) is 13.4. The molecule has 0 spiro atoms. The molecule has 0 radical (unpaired) electrons. The Bertz CT molecular complexity index is 275. The van der Waals surface area contributed by atoms with E-state index in [0.717, 1.165) is 32.7 Å². The van der Waals surface area contributed by atoms with Gasteiger partial charge in [0.15, 0.2) is 5.96 Å². The van der Waals surface area contributed by atoms with Gasteiger partial charge in [-0.05, 0) is 45.2 Å². The van der Waals surface area contributed by atoms with Crippen LogP contribution in [-0.4, -0.2) is 56.3 Å². The molecule has 1 heterocycles. The monoisotopic (exact) mass is 284 g/mol. The van der Waals surface area contributed by atoms with Crippen molar-refractivity contribution in [2.45, 2.75) is 46.1 Å². The van der Waals surface area contributed by atoms with E-state index in [2.05, 4.69) is 29.1 Å². The van der Waals surface area contributed by atoms with Crippen molar-refractivity contribution < 1.29 is 4.74 Å². The smallest absolute Gasteiger partial charge is 0.188 e. The zero-order chi connectivity index (χ0) is 14.8. The summed E-state index contributed by atoms with van der Waals surface area (Å²) < 4.78 is 5.29. The number of hydrogen-bond acceptors (Lipinski definition) is 3. The van der Waals surface area contributed by atoms with Gasteiger partial charge >= 0.3 is 0 Å². The summed E-state index contributed by atoms with van der Waals surface area (Å²) in [5, 5.41) is 3.16. The van der Waals surface area contributed by atoms with E-state index in [-0.39, 0.29) is 0 Å². The summed E-state index contributed by atoms with van der Waals surface area (Å²) in [4.78, 5) is 7.06. The van der Waals surface area contributed by atoms with E-state index >= 15 is 0 Å². The van der Waals surface area contributed by atoms with Crippen molar-refractivity contribution >= 4 is 5.96 Å². The van der Waals surface area contributed by atoms with Crippen molar-refractivity contribution in [1.29, 1.82) is 0 Å². The Labute approximate surface area is 124 Å². The topological polar surface area (TPSA) is 62.9 Å². The molecule has 1 fully saturated rings.